The number of aryl methyl sites for hydroxylation is 1. The molecule has 0 radical (unpaired) electrons. The van der Waals surface area contributed by atoms with Crippen molar-refractivity contribution in [2.24, 2.45) is 0 Å². The van der Waals surface area contributed by atoms with Gasteiger partial charge >= 0.3 is 5.97 Å². The first-order valence-electron chi connectivity index (χ1n) is 3.21. The minimum atomic E-state index is -1.28. The van der Waals surface area contributed by atoms with Gasteiger partial charge < -0.3 is 5.11 Å². The number of hydrogen-bond donors (Lipinski definition) is 1. The van der Waals surface area contributed by atoms with Gasteiger partial charge in [0.05, 0.1) is 5.56 Å². The van der Waals surface area contributed by atoms with Crippen LogP contribution in [0.1, 0.15) is 15.9 Å². The van der Waals surface area contributed by atoms with Gasteiger partial charge in [-0.1, -0.05) is 11.6 Å². The van der Waals surface area contributed by atoms with Crippen LogP contribution in [0.5, 0.6) is 0 Å². The Bertz CT molecular complexity index is 336. The third kappa shape index (κ3) is 1.56. The van der Waals surface area contributed by atoms with Crippen LogP contribution in [0.4, 0.5) is 4.39 Å². The Morgan fingerprint density at radius 3 is 2.67 bits per heavy atom. The topological polar surface area (TPSA) is 37.3 Å². The summed E-state index contributed by atoms with van der Waals surface area (Å²) < 4.78 is 12.8. The van der Waals surface area contributed by atoms with Crippen molar-refractivity contribution in [3.63, 3.8) is 0 Å². The third-order valence-corrected chi connectivity index (χ3v) is 1.89. The molecule has 0 unspecified atom stereocenters. The number of halogens is 2. The molecule has 0 aliphatic heterocycles. The van der Waals surface area contributed by atoms with E-state index in [1.54, 1.807) is 6.92 Å². The van der Waals surface area contributed by atoms with Gasteiger partial charge in [-0.05, 0) is 24.6 Å². The van der Waals surface area contributed by atoms with E-state index in [-0.39, 0.29) is 10.6 Å². The van der Waals surface area contributed by atoms with E-state index >= 15 is 0 Å². The monoisotopic (exact) mass is 188 g/mol. The second-order valence-electron chi connectivity index (χ2n) is 2.39. The molecule has 0 heterocycles. The van der Waals surface area contributed by atoms with Gasteiger partial charge in [0.2, 0.25) is 0 Å². The molecule has 1 N–H and O–H groups in total. The molecule has 0 spiro atoms. The van der Waals surface area contributed by atoms with Gasteiger partial charge in [0.15, 0.2) is 0 Å². The number of carbonyl (C=O) groups is 1. The predicted molar refractivity (Wildman–Crippen MR) is 43.1 cm³/mol. The summed E-state index contributed by atoms with van der Waals surface area (Å²) >= 11 is 5.56. The van der Waals surface area contributed by atoms with E-state index in [9.17, 15) is 9.18 Å². The standard InChI is InChI=1S/C8H6ClFO2/c1-4-2-5(8(11)12)7(10)3-6(4)9/h2-3H,1H3,(H,11,12). The van der Waals surface area contributed by atoms with Gasteiger partial charge in [-0.25, -0.2) is 9.18 Å². The molecule has 2 nitrogen and oxygen atoms in total. The highest BCUT2D eigenvalue weighted by molar-refractivity contribution is 6.31. The molecule has 4 heteroatoms. The molecule has 0 aliphatic rings. The van der Waals surface area contributed by atoms with Gasteiger partial charge in [-0.3, -0.25) is 0 Å². The van der Waals surface area contributed by atoms with Crippen molar-refractivity contribution >= 4 is 17.6 Å². The summed E-state index contributed by atoms with van der Waals surface area (Å²) in [7, 11) is 0. The highest BCUT2D eigenvalue weighted by atomic mass is 35.5. The summed E-state index contributed by atoms with van der Waals surface area (Å²) in [5.41, 5.74) is 0.201. The van der Waals surface area contributed by atoms with E-state index in [2.05, 4.69) is 0 Å². The maximum atomic E-state index is 12.8. The predicted octanol–water partition coefficient (Wildman–Crippen LogP) is 2.49. The summed E-state index contributed by atoms with van der Waals surface area (Å²) in [5.74, 6) is -2.09. The van der Waals surface area contributed by atoms with Gasteiger partial charge in [-0.15, -0.1) is 0 Å². The lowest BCUT2D eigenvalue weighted by Crippen LogP contribution is -2.00. The second-order valence-corrected chi connectivity index (χ2v) is 2.79. The fourth-order valence-electron chi connectivity index (χ4n) is 0.821. The zero-order valence-corrected chi connectivity index (χ0v) is 7.02. The summed E-state index contributed by atoms with van der Waals surface area (Å²) in [6.07, 6.45) is 0. The Morgan fingerprint density at radius 2 is 2.17 bits per heavy atom. The number of hydrogen-bond acceptors (Lipinski definition) is 1. The van der Waals surface area contributed by atoms with Crippen molar-refractivity contribution in [3.05, 3.63) is 34.1 Å². The summed E-state index contributed by atoms with van der Waals surface area (Å²) in [6.45, 7) is 1.62. The van der Waals surface area contributed by atoms with Crippen molar-refractivity contribution < 1.29 is 14.3 Å². The molecule has 0 saturated heterocycles. The van der Waals surface area contributed by atoms with E-state index in [0.717, 1.165) is 6.07 Å². The Hall–Kier alpha value is -1.09. The van der Waals surface area contributed by atoms with Crippen molar-refractivity contribution in [3.8, 4) is 0 Å². The molecule has 64 valence electrons. The van der Waals surface area contributed by atoms with Crippen LogP contribution in [0, 0.1) is 12.7 Å². The van der Waals surface area contributed by atoms with Crippen LogP contribution >= 0.6 is 11.6 Å². The first-order valence-corrected chi connectivity index (χ1v) is 3.59. The number of rotatable bonds is 1. The van der Waals surface area contributed by atoms with E-state index in [1.807, 2.05) is 0 Å². The lowest BCUT2D eigenvalue weighted by molar-refractivity contribution is 0.0692. The van der Waals surface area contributed by atoms with E-state index in [1.165, 1.54) is 6.07 Å². The second kappa shape index (κ2) is 3.11. The quantitative estimate of drug-likeness (QED) is 0.735. The van der Waals surface area contributed by atoms with Crippen molar-refractivity contribution in [2.75, 3.05) is 0 Å². The van der Waals surface area contributed by atoms with Crippen LogP contribution in [-0.4, -0.2) is 11.1 Å². The molecule has 1 aromatic rings. The molecule has 0 fully saturated rings. The van der Waals surface area contributed by atoms with Crippen LogP contribution in [0.2, 0.25) is 5.02 Å². The van der Waals surface area contributed by atoms with E-state index < -0.39 is 11.8 Å². The molecular formula is C8H6ClFO2. The summed E-state index contributed by atoms with van der Waals surface area (Å²) in [5, 5.41) is 8.73. The van der Waals surface area contributed by atoms with Crippen molar-refractivity contribution in [2.45, 2.75) is 6.92 Å². The zero-order chi connectivity index (χ0) is 9.30. The average Bonchev–Trinajstić information content (AvgIpc) is 1.96. The van der Waals surface area contributed by atoms with Gasteiger partial charge in [0.1, 0.15) is 5.82 Å². The third-order valence-electron chi connectivity index (χ3n) is 1.48. The van der Waals surface area contributed by atoms with Crippen molar-refractivity contribution in [1.82, 2.24) is 0 Å². The molecular weight excluding hydrogens is 183 g/mol. The van der Waals surface area contributed by atoms with E-state index in [4.69, 9.17) is 16.7 Å². The average molecular weight is 189 g/mol. The van der Waals surface area contributed by atoms with Gasteiger partial charge in [0, 0.05) is 5.02 Å². The lowest BCUT2D eigenvalue weighted by atomic mass is 10.1. The first kappa shape index (κ1) is 9.00. The normalized spacial score (nSPS) is 9.92. The van der Waals surface area contributed by atoms with Crippen LogP contribution in [0.3, 0.4) is 0 Å². The lowest BCUT2D eigenvalue weighted by Gasteiger charge is -2.00. The Labute approximate surface area is 73.6 Å². The highest BCUT2D eigenvalue weighted by Crippen LogP contribution is 2.19. The Morgan fingerprint density at radius 1 is 1.58 bits per heavy atom. The molecule has 0 saturated carbocycles. The smallest absolute Gasteiger partial charge is 0.338 e. The largest absolute Gasteiger partial charge is 0.478 e. The Kier molecular flexibility index (Phi) is 2.33. The minimum absolute atomic E-state index is 0.234. The fraction of sp³-hybridized carbons (Fsp3) is 0.125. The maximum absolute atomic E-state index is 12.8. The number of benzene rings is 1. The van der Waals surface area contributed by atoms with Crippen LogP contribution in [0.25, 0.3) is 0 Å². The van der Waals surface area contributed by atoms with Crippen LogP contribution in [-0.2, 0) is 0 Å². The fourth-order valence-corrected chi connectivity index (χ4v) is 0.971. The zero-order valence-electron chi connectivity index (χ0n) is 6.27. The number of carboxylic acid groups (broad SMARTS) is 1. The number of carboxylic acids is 1. The Balaban J connectivity index is 3.33. The molecule has 0 aromatic heterocycles. The molecule has 0 amide bonds. The number of aromatic carboxylic acids is 1. The van der Waals surface area contributed by atoms with Crippen molar-refractivity contribution in [1.29, 1.82) is 0 Å². The summed E-state index contributed by atoms with van der Waals surface area (Å²) in [4.78, 5) is 10.4. The summed E-state index contributed by atoms with van der Waals surface area (Å²) in [6, 6.07) is 2.21. The molecule has 1 rings (SSSR count). The SMILES string of the molecule is Cc1cc(C(=O)O)c(F)cc1Cl. The first-order chi connectivity index (χ1) is 5.52. The molecule has 0 atom stereocenters. The molecule has 0 aliphatic carbocycles. The van der Waals surface area contributed by atoms with Crippen LogP contribution < -0.4 is 0 Å². The van der Waals surface area contributed by atoms with Gasteiger partial charge in [-0.2, -0.15) is 0 Å². The van der Waals surface area contributed by atoms with E-state index in [0.29, 0.717) is 5.56 Å². The molecule has 1 aromatic carbocycles. The molecule has 12 heavy (non-hydrogen) atoms. The minimum Gasteiger partial charge on any atom is -0.478 e. The highest BCUT2D eigenvalue weighted by Gasteiger charge is 2.11. The maximum Gasteiger partial charge on any atom is 0.338 e. The molecule has 0 bridgehead atoms. The van der Waals surface area contributed by atoms with Gasteiger partial charge in [0.25, 0.3) is 0 Å². The van der Waals surface area contributed by atoms with Crippen LogP contribution in [0.15, 0.2) is 12.1 Å².